The first-order chi connectivity index (χ1) is 18.1. The topological polar surface area (TPSA) is 227 Å². The Morgan fingerprint density at radius 1 is 0.525 bits per heavy atom. The Morgan fingerprint density at radius 2 is 0.775 bits per heavy atom. The lowest BCUT2D eigenvalue weighted by Crippen LogP contribution is -2.55. The first-order valence-corrected chi connectivity index (χ1v) is 13.2. The highest BCUT2D eigenvalue weighted by molar-refractivity contribution is 5.04. The highest BCUT2D eigenvalue weighted by atomic mass is 19.4. The summed E-state index contributed by atoms with van der Waals surface area (Å²) in [5.74, 6) is -4.54. The van der Waals surface area contributed by atoms with E-state index >= 15 is 0 Å². The van der Waals surface area contributed by atoms with Crippen LogP contribution in [0.1, 0.15) is 80.1 Å². The average Bonchev–Trinajstić information content (AvgIpc) is 2.82. The molecule has 2 aliphatic rings. The zero-order chi connectivity index (χ0) is 30.9. The molecule has 9 unspecified atom stereocenters. The van der Waals surface area contributed by atoms with Gasteiger partial charge in [-0.2, -0.15) is 13.2 Å². The maximum absolute atomic E-state index is 13.9. The Kier molecular flexibility index (Phi) is 9.66. The molecule has 4 N–H and O–H groups in total. The summed E-state index contributed by atoms with van der Waals surface area (Å²) >= 11 is 0. The predicted octanol–water partition coefficient (Wildman–Crippen LogP) is 6.45. The van der Waals surface area contributed by atoms with Gasteiger partial charge in [0.2, 0.25) is 0 Å². The fraction of sp³-hybridized carbons (Fsp3) is 1.00. The van der Waals surface area contributed by atoms with Gasteiger partial charge < -0.3 is 20.4 Å². The van der Waals surface area contributed by atoms with Crippen LogP contribution >= 0.6 is 0 Å². The number of azide groups is 3. The SMILES string of the molecule is CC(O)(N=[N+]=[N-])C1CC(C(C)(O)N=[N+]=[N-])CC(C(C)(C)C2CC(C(C)(O)N=[N+]=[N-])CC(C(C)(O)C(F)(F)F)C2)C1. The van der Waals surface area contributed by atoms with Crippen LogP contribution in [0.2, 0.25) is 0 Å². The van der Waals surface area contributed by atoms with Gasteiger partial charge >= 0.3 is 6.18 Å². The van der Waals surface area contributed by atoms with Crippen LogP contribution in [0.3, 0.4) is 0 Å². The molecular weight excluding hydrogens is 535 g/mol. The molecule has 0 aliphatic heterocycles. The van der Waals surface area contributed by atoms with Gasteiger partial charge in [0.05, 0.1) is 0 Å². The van der Waals surface area contributed by atoms with Crippen molar-refractivity contribution in [2.45, 2.75) is 109 Å². The highest BCUT2D eigenvalue weighted by Gasteiger charge is 2.59. The molecule has 9 atom stereocenters. The Morgan fingerprint density at radius 3 is 1.05 bits per heavy atom. The van der Waals surface area contributed by atoms with E-state index in [0.717, 1.165) is 0 Å². The summed E-state index contributed by atoms with van der Waals surface area (Å²) in [4.78, 5) is 8.11. The van der Waals surface area contributed by atoms with Crippen LogP contribution in [0.25, 0.3) is 31.3 Å². The van der Waals surface area contributed by atoms with Gasteiger partial charge in [-0.1, -0.05) is 29.2 Å². The Balaban J connectivity index is 2.59. The van der Waals surface area contributed by atoms with E-state index < -0.39 is 64.0 Å². The lowest BCUT2D eigenvalue weighted by atomic mass is 9.53. The molecule has 16 heteroatoms. The van der Waals surface area contributed by atoms with Gasteiger partial charge in [-0.3, -0.25) is 0 Å². The predicted molar refractivity (Wildman–Crippen MR) is 138 cm³/mol. The number of hydrogen-bond acceptors (Lipinski definition) is 7. The van der Waals surface area contributed by atoms with E-state index in [1.165, 1.54) is 20.8 Å². The molecule has 40 heavy (non-hydrogen) atoms. The van der Waals surface area contributed by atoms with E-state index in [2.05, 4.69) is 30.1 Å². The van der Waals surface area contributed by atoms with Gasteiger partial charge in [0.25, 0.3) is 0 Å². The number of hydrogen-bond donors (Lipinski definition) is 4. The first-order valence-electron chi connectivity index (χ1n) is 13.2. The molecule has 0 spiro atoms. The van der Waals surface area contributed by atoms with Crippen molar-refractivity contribution >= 4 is 0 Å². The lowest BCUT2D eigenvalue weighted by molar-refractivity contribution is -0.281. The summed E-state index contributed by atoms with van der Waals surface area (Å²) < 4.78 is 41.8. The van der Waals surface area contributed by atoms with Crippen LogP contribution in [0.5, 0.6) is 0 Å². The number of nitrogens with zero attached hydrogens (tertiary/aromatic N) is 9. The maximum Gasteiger partial charge on any atom is 0.417 e. The van der Waals surface area contributed by atoms with Crippen LogP contribution in [-0.4, -0.2) is 49.4 Å². The van der Waals surface area contributed by atoms with Gasteiger partial charge in [0.15, 0.2) is 5.60 Å². The second-order valence-corrected chi connectivity index (χ2v) is 12.9. The smallest absolute Gasteiger partial charge is 0.384 e. The van der Waals surface area contributed by atoms with E-state index in [1.807, 2.05) is 13.8 Å². The number of halogens is 3. The van der Waals surface area contributed by atoms with Gasteiger partial charge in [-0.15, -0.1) is 0 Å². The number of alkyl halides is 3. The van der Waals surface area contributed by atoms with Crippen molar-refractivity contribution in [2.24, 2.45) is 56.3 Å². The Labute approximate surface area is 230 Å². The van der Waals surface area contributed by atoms with Crippen LogP contribution in [0.15, 0.2) is 15.3 Å². The lowest BCUT2D eigenvalue weighted by Gasteiger charge is -2.54. The Bertz CT molecular complexity index is 1040. The number of aliphatic hydroxyl groups is 4. The molecule has 0 aromatic heterocycles. The van der Waals surface area contributed by atoms with Crippen molar-refractivity contribution < 1.29 is 33.6 Å². The Hall–Kier alpha value is -2.44. The minimum atomic E-state index is -4.96. The van der Waals surface area contributed by atoms with Crippen molar-refractivity contribution in [3.8, 4) is 0 Å². The third-order valence-corrected chi connectivity index (χ3v) is 9.95. The van der Waals surface area contributed by atoms with E-state index in [4.69, 9.17) is 16.6 Å². The third-order valence-electron chi connectivity index (χ3n) is 9.95. The first kappa shape index (κ1) is 33.8. The van der Waals surface area contributed by atoms with Gasteiger partial charge in [0.1, 0.15) is 17.2 Å². The van der Waals surface area contributed by atoms with Crippen LogP contribution < -0.4 is 0 Å². The number of rotatable bonds is 9. The minimum absolute atomic E-state index is 0.0618. The molecule has 0 aromatic rings. The molecule has 0 bridgehead atoms. The van der Waals surface area contributed by atoms with Crippen LogP contribution in [0, 0.1) is 40.9 Å². The summed E-state index contributed by atoms with van der Waals surface area (Å²) in [6, 6.07) is 0. The zero-order valence-corrected chi connectivity index (χ0v) is 23.7. The maximum atomic E-state index is 13.9. The molecule has 0 saturated heterocycles. The fourth-order valence-corrected chi connectivity index (χ4v) is 6.73. The summed E-state index contributed by atoms with van der Waals surface area (Å²) in [6.07, 6.45) is -4.39. The summed E-state index contributed by atoms with van der Waals surface area (Å²) in [5, 5.41) is 53.9. The van der Waals surface area contributed by atoms with Gasteiger partial charge in [-0.25, -0.2) is 0 Å². The van der Waals surface area contributed by atoms with Crippen molar-refractivity contribution in [3.05, 3.63) is 31.3 Å². The molecular formula is C24H40F3N9O4. The van der Waals surface area contributed by atoms with E-state index in [-0.39, 0.29) is 44.4 Å². The monoisotopic (exact) mass is 575 g/mol. The van der Waals surface area contributed by atoms with Crippen molar-refractivity contribution in [3.63, 3.8) is 0 Å². The van der Waals surface area contributed by atoms with E-state index in [9.17, 15) is 33.6 Å². The normalized spacial score (nSPS) is 33.8. The van der Waals surface area contributed by atoms with E-state index in [0.29, 0.717) is 6.92 Å². The van der Waals surface area contributed by atoms with Crippen molar-refractivity contribution in [1.29, 1.82) is 0 Å². The second-order valence-electron chi connectivity index (χ2n) is 12.9. The molecule has 2 fully saturated rings. The molecule has 2 rings (SSSR count). The fourth-order valence-electron chi connectivity index (χ4n) is 6.73. The molecule has 2 aliphatic carbocycles. The molecule has 13 nitrogen and oxygen atoms in total. The van der Waals surface area contributed by atoms with Crippen molar-refractivity contribution in [2.75, 3.05) is 0 Å². The van der Waals surface area contributed by atoms with Gasteiger partial charge in [0, 0.05) is 14.7 Å². The molecule has 0 heterocycles. The molecule has 0 radical (unpaired) electrons. The summed E-state index contributed by atoms with van der Waals surface area (Å²) in [6.45, 7) is 8.25. The highest BCUT2D eigenvalue weighted by Crippen LogP contribution is 2.58. The van der Waals surface area contributed by atoms with Crippen molar-refractivity contribution in [1.82, 2.24) is 0 Å². The van der Waals surface area contributed by atoms with E-state index in [1.54, 1.807) is 0 Å². The largest absolute Gasteiger partial charge is 0.417 e. The molecule has 0 aromatic carbocycles. The van der Waals surface area contributed by atoms with Crippen LogP contribution in [0.4, 0.5) is 13.2 Å². The standard InChI is InChI=1S/C24H40F3N9O4/c1-19(2,14-9-17(22(5,39)32-35-29)12-18(10-14)23(6,40)33-36-30)13-7-15(20(3,37)24(25,26)27)11-16(8-13)21(4,38)31-34-28/h13-18,37-40H,7-12H2,1-6H3. The third kappa shape index (κ3) is 6.88. The molecule has 226 valence electrons. The quantitative estimate of drug-likeness (QED) is 0.138. The average molecular weight is 576 g/mol. The second kappa shape index (κ2) is 11.4. The zero-order valence-electron chi connectivity index (χ0n) is 23.7. The molecule has 0 amide bonds. The summed E-state index contributed by atoms with van der Waals surface area (Å²) in [7, 11) is 0. The van der Waals surface area contributed by atoms with Gasteiger partial charge in [-0.05, 0) is 124 Å². The summed E-state index contributed by atoms with van der Waals surface area (Å²) in [5.41, 5.74) is 17.3. The molecule has 2 saturated carbocycles. The minimum Gasteiger partial charge on any atom is -0.384 e. The van der Waals surface area contributed by atoms with Crippen LogP contribution in [-0.2, 0) is 0 Å².